The summed E-state index contributed by atoms with van der Waals surface area (Å²) in [7, 11) is 3.42. The van der Waals surface area contributed by atoms with E-state index in [9.17, 15) is 4.79 Å². The van der Waals surface area contributed by atoms with Gasteiger partial charge in [0.25, 0.3) is 0 Å². The Morgan fingerprint density at radius 1 is 1.36 bits per heavy atom. The predicted octanol–water partition coefficient (Wildman–Crippen LogP) is 2.31. The van der Waals surface area contributed by atoms with Crippen LogP contribution in [0.5, 0.6) is 0 Å². The number of hydrogen-bond acceptors (Lipinski definition) is 4. The lowest BCUT2D eigenvalue weighted by Gasteiger charge is -2.16. The fraction of sp³-hybridized carbons (Fsp3) is 0.579. The monoisotopic (exact) mass is 430 g/mol. The minimum absolute atomic E-state index is 0.0631. The Balaban J connectivity index is 1.76. The molecule has 1 heterocycles. The first-order valence-electron chi connectivity index (χ1n) is 9.31. The van der Waals surface area contributed by atoms with Crippen molar-refractivity contribution in [2.45, 2.75) is 25.6 Å². The quantitative estimate of drug-likeness (QED) is 0.357. The number of ether oxygens (including phenoxy) is 2. The molecule has 1 unspecified atom stereocenters. The van der Waals surface area contributed by atoms with Gasteiger partial charge in [-0.2, -0.15) is 0 Å². The van der Waals surface area contributed by atoms with Crippen molar-refractivity contribution in [3.8, 4) is 0 Å². The van der Waals surface area contributed by atoms with Gasteiger partial charge in [-0.25, -0.2) is 4.99 Å². The fourth-order valence-corrected chi connectivity index (χ4v) is 3.00. The highest BCUT2D eigenvalue weighted by molar-refractivity contribution is 6.35. The third kappa shape index (κ3) is 8.22. The third-order valence-corrected chi connectivity index (χ3v) is 4.79. The van der Waals surface area contributed by atoms with E-state index in [4.69, 9.17) is 32.7 Å². The number of carbonyl (C=O) groups is 1. The molecular weight excluding hydrogens is 403 g/mol. The Bertz CT molecular complexity index is 665. The molecule has 1 atom stereocenters. The Morgan fingerprint density at radius 3 is 2.86 bits per heavy atom. The number of hydrogen-bond donors (Lipinski definition) is 2. The van der Waals surface area contributed by atoms with Crippen molar-refractivity contribution in [1.29, 1.82) is 0 Å². The molecule has 0 spiro atoms. The second-order valence-electron chi connectivity index (χ2n) is 6.68. The van der Waals surface area contributed by atoms with Crippen molar-refractivity contribution >= 4 is 35.1 Å². The van der Waals surface area contributed by atoms with E-state index in [-0.39, 0.29) is 18.6 Å². The Kier molecular flexibility index (Phi) is 9.84. The Morgan fingerprint density at radius 2 is 2.18 bits per heavy atom. The minimum Gasteiger partial charge on any atom is -0.376 e. The SMILES string of the molecule is CN(C)C(=O)CN=C(NCCOCc1ccc(Cl)cc1Cl)NCC1CCCO1. The van der Waals surface area contributed by atoms with Crippen molar-refractivity contribution < 1.29 is 14.3 Å². The molecule has 1 fully saturated rings. The van der Waals surface area contributed by atoms with Crippen LogP contribution in [0.3, 0.4) is 0 Å². The summed E-state index contributed by atoms with van der Waals surface area (Å²) < 4.78 is 11.3. The number of nitrogens with one attached hydrogen (secondary N) is 2. The molecule has 2 N–H and O–H groups in total. The topological polar surface area (TPSA) is 75.2 Å². The third-order valence-electron chi connectivity index (χ3n) is 4.20. The molecule has 2 rings (SSSR count). The summed E-state index contributed by atoms with van der Waals surface area (Å²) in [6, 6.07) is 5.33. The van der Waals surface area contributed by atoms with Crippen LogP contribution < -0.4 is 10.6 Å². The van der Waals surface area contributed by atoms with E-state index in [1.54, 1.807) is 26.2 Å². The van der Waals surface area contributed by atoms with E-state index in [2.05, 4.69) is 15.6 Å². The molecule has 1 aliphatic heterocycles. The van der Waals surface area contributed by atoms with Crippen LogP contribution in [-0.4, -0.2) is 69.8 Å². The van der Waals surface area contributed by atoms with Crippen LogP contribution in [0.4, 0.5) is 0 Å². The lowest BCUT2D eigenvalue weighted by molar-refractivity contribution is -0.127. The summed E-state index contributed by atoms with van der Waals surface area (Å²) in [5, 5.41) is 7.60. The number of rotatable bonds is 9. The van der Waals surface area contributed by atoms with Crippen LogP contribution in [0.2, 0.25) is 10.0 Å². The first-order valence-corrected chi connectivity index (χ1v) is 10.1. The molecule has 1 aliphatic rings. The first-order chi connectivity index (χ1) is 13.5. The van der Waals surface area contributed by atoms with Crippen molar-refractivity contribution in [3.63, 3.8) is 0 Å². The number of guanidine groups is 1. The standard InChI is InChI=1S/C19H28Cl2N4O3/c1-25(2)18(26)12-24-19(23-11-16-4-3-8-28-16)22-7-9-27-13-14-5-6-15(20)10-17(14)21/h5-6,10,16H,3-4,7-9,11-13H2,1-2H3,(H2,22,23,24). The smallest absolute Gasteiger partial charge is 0.243 e. The molecule has 0 aliphatic carbocycles. The van der Waals surface area contributed by atoms with Gasteiger partial charge in [-0.05, 0) is 30.5 Å². The number of likely N-dealkylation sites (N-methyl/N-ethyl adjacent to an activating group) is 1. The summed E-state index contributed by atoms with van der Waals surface area (Å²) in [5.41, 5.74) is 0.882. The maximum Gasteiger partial charge on any atom is 0.243 e. The lowest BCUT2D eigenvalue weighted by Crippen LogP contribution is -2.43. The zero-order valence-corrected chi connectivity index (χ0v) is 17.9. The van der Waals surface area contributed by atoms with Crippen LogP contribution in [0.25, 0.3) is 0 Å². The zero-order chi connectivity index (χ0) is 20.4. The average Bonchev–Trinajstić information content (AvgIpc) is 3.17. The van der Waals surface area contributed by atoms with Gasteiger partial charge in [0.1, 0.15) is 6.54 Å². The van der Waals surface area contributed by atoms with Crippen LogP contribution in [0, 0.1) is 0 Å². The zero-order valence-electron chi connectivity index (χ0n) is 16.3. The molecule has 1 aromatic carbocycles. The number of nitrogens with zero attached hydrogens (tertiary/aromatic N) is 2. The highest BCUT2D eigenvalue weighted by Crippen LogP contribution is 2.21. The normalized spacial score (nSPS) is 16.9. The van der Waals surface area contributed by atoms with Gasteiger partial charge in [-0.15, -0.1) is 0 Å². The van der Waals surface area contributed by atoms with E-state index in [1.807, 2.05) is 6.07 Å². The second kappa shape index (κ2) is 12.1. The van der Waals surface area contributed by atoms with E-state index in [1.165, 1.54) is 4.90 Å². The Hall–Kier alpha value is -1.54. The summed E-state index contributed by atoms with van der Waals surface area (Å²) >= 11 is 12.0. The summed E-state index contributed by atoms with van der Waals surface area (Å²) in [4.78, 5) is 17.6. The summed E-state index contributed by atoms with van der Waals surface area (Å²) in [6.07, 6.45) is 2.29. The molecule has 7 nitrogen and oxygen atoms in total. The number of halogens is 2. The summed E-state index contributed by atoms with van der Waals surface area (Å²) in [5.74, 6) is 0.505. The minimum atomic E-state index is -0.0631. The number of amides is 1. The van der Waals surface area contributed by atoms with Crippen molar-refractivity contribution in [3.05, 3.63) is 33.8 Å². The van der Waals surface area contributed by atoms with Crippen LogP contribution in [0.15, 0.2) is 23.2 Å². The van der Waals surface area contributed by atoms with Crippen molar-refractivity contribution in [1.82, 2.24) is 15.5 Å². The van der Waals surface area contributed by atoms with E-state index in [0.717, 1.165) is 25.0 Å². The van der Waals surface area contributed by atoms with Gasteiger partial charge in [0.05, 0.1) is 19.3 Å². The highest BCUT2D eigenvalue weighted by Gasteiger charge is 2.15. The molecule has 0 bridgehead atoms. The van der Waals surface area contributed by atoms with E-state index >= 15 is 0 Å². The number of aliphatic imine (C=N–C) groups is 1. The van der Waals surface area contributed by atoms with Crippen LogP contribution in [0.1, 0.15) is 18.4 Å². The van der Waals surface area contributed by atoms with Crippen LogP contribution in [-0.2, 0) is 20.9 Å². The molecule has 9 heteroatoms. The molecule has 0 saturated carbocycles. The second-order valence-corrected chi connectivity index (χ2v) is 7.53. The van der Waals surface area contributed by atoms with Gasteiger partial charge in [0, 0.05) is 43.8 Å². The van der Waals surface area contributed by atoms with Crippen molar-refractivity contribution in [2.24, 2.45) is 4.99 Å². The lowest BCUT2D eigenvalue weighted by atomic mass is 10.2. The maximum absolute atomic E-state index is 11.8. The molecule has 156 valence electrons. The molecule has 0 aromatic heterocycles. The molecule has 0 radical (unpaired) electrons. The molecule has 28 heavy (non-hydrogen) atoms. The average molecular weight is 431 g/mol. The Labute approximate surface area is 176 Å². The predicted molar refractivity (Wildman–Crippen MR) is 112 cm³/mol. The first kappa shape index (κ1) is 22.7. The maximum atomic E-state index is 11.8. The van der Waals surface area contributed by atoms with E-state index < -0.39 is 0 Å². The summed E-state index contributed by atoms with van der Waals surface area (Å²) in [6.45, 7) is 2.93. The highest BCUT2D eigenvalue weighted by atomic mass is 35.5. The van der Waals surface area contributed by atoms with Crippen LogP contribution >= 0.6 is 23.2 Å². The molecule has 1 aromatic rings. The fourth-order valence-electron chi connectivity index (χ4n) is 2.54. The van der Waals surface area contributed by atoms with Gasteiger partial charge in [0.2, 0.25) is 5.91 Å². The van der Waals surface area contributed by atoms with Gasteiger partial charge >= 0.3 is 0 Å². The largest absolute Gasteiger partial charge is 0.376 e. The van der Waals surface area contributed by atoms with Gasteiger partial charge < -0.3 is 25.0 Å². The van der Waals surface area contributed by atoms with Crippen molar-refractivity contribution in [2.75, 3.05) is 46.9 Å². The van der Waals surface area contributed by atoms with Gasteiger partial charge in [0.15, 0.2) is 5.96 Å². The molecule has 1 saturated heterocycles. The number of carbonyl (C=O) groups excluding carboxylic acids is 1. The van der Waals surface area contributed by atoms with E-state index in [0.29, 0.717) is 42.3 Å². The van der Waals surface area contributed by atoms with Gasteiger partial charge in [-0.3, -0.25) is 4.79 Å². The number of benzene rings is 1. The molecular formula is C19H28Cl2N4O3. The molecule has 1 amide bonds. The van der Waals surface area contributed by atoms with Gasteiger partial charge in [-0.1, -0.05) is 29.3 Å².